The molecule has 0 amide bonds. The second-order valence-electron chi connectivity index (χ2n) is 5.03. The molecule has 1 atom stereocenters. The van der Waals surface area contributed by atoms with Crippen LogP contribution in [0.5, 0.6) is 0 Å². The van der Waals surface area contributed by atoms with E-state index < -0.39 is 0 Å². The summed E-state index contributed by atoms with van der Waals surface area (Å²) in [5, 5.41) is 4.69. The fourth-order valence-electron chi connectivity index (χ4n) is 2.35. The zero-order valence-electron chi connectivity index (χ0n) is 11.1. The molecule has 2 heteroatoms. The number of nitrogens with one attached hydrogen (secondary N) is 1. The molecule has 1 saturated carbocycles. The van der Waals surface area contributed by atoms with Crippen molar-refractivity contribution in [2.75, 3.05) is 12.3 Å². The zero-order chi connectivity index (χ0) is 11.6. The highest BCUT2D eigenvalue weighted by atomic mass is 32.2. The van der Waals surface area contributed by atoms with E-state index in [1.807, 2.05) is 0 Å². The Morgan fingerprint density at radius 3 is 2.56 bits per heavy atom. The average Bonchev–Trinajstić information content (AvgIpc) is 2.81. The predicted molar refractivity (Wildman–Crippen MR) is 76.3 cm³/mol. The quantitative estimate of drug-likeness (QED) is 0.651. The molecule has 0 aromatic rings. The van der Waals surface area contributed by atoms with Crippen molar-refractivity contribution in [3.8, 4) is 0 Å². The van der Waals surface area contributed by atoms with Crippen molar-refractivity contribution in [3.05, 3.63) is 0 Å². The van der Waals surface area contributed by atoms with E-state index in [2.05, 4.69) is 30.9 Å². The molecule has 1 aliphatic rings. The second kappa shape index (κ2) is 9.35. The average molecular weight is 243 g/mol. The van der Waals surface area contributed by atoms with Crippen molar-refractivity contribution >= 4 is 11.8 Å². The molecule has 16 heavy (non-hydrogen) atoms. The minimum atomic E-state index is 0.769. The minimum absolute atomic E-state index is 0.769. The van der Waals surface area contributed by atoms with E-state index in [-0.39, 0.29) is 0 Å². The lowest BCUT2D eigenvalue weighted by Gasteiger charge is -2.19. The third kappa shape index (κ3) is 6.15. The number of rotatable bonds is 9. The maximum Gasteiger partial charge on any atom is 0.0158 e. The molecule has 96 valence electrons. The Labute approximate surface area is 106 Å². The van der Waals surface area contributed by atoms with Gasteiger partial charge in [0, 0.05) is 17.0 Å². The molecule has 1 fully saturated rings. The van der Waals surface area contributed by atoms with Gasteiger partial charge in [0.1, 0.15) is 0 Å². The monoisotopic (exact) mass is 243 g/mol. The fourth-order valence-corrected chi connectivity index (χ4v) is 3.81. The molecule has 1 nitrogen and oxygen atoms in total. The first-order valence-electron chi connectivity index (χ1n) is 7.21. The molecule has 0 radical (unpaired) electrons. The summed E-state index contributed by atoms with van der Waals surface area (Å²) in [7, 11) is 0. The van der Waals surface area contributed by atoms with Crippen molar-refractivity contribution in [1.29, 1.82) is 0 Å². The van der Waals surface area contributed by atoms with Crippen LogP contribution in [0, 0.1) is 0 Å². The van der Waals surface area contributed by atoms with Crippen LogP contribution in [-0.2, 0) is 0 Å². The van der Waals surface area contributed by atoms with Gasteiger partial charge in [0.05, 0.1) is 0 Å². The smallest absolute Gasteiger partial charge is 0.0158 e. The standard InChI is InChI=1S/C14H29NS/c1-3-5-8-13(15-11-4-2)12-16-14-9-6-7-10-14/h13-15H,3-12H2,1-2H3. The van der Waals surface area contributed by atoms with Gasteiger partial charge in [0.25, 0.3) is 0 Å². The van der Waals surface area contributed by atoms with E-state index in [0.717, 1.165) is 11.3 Å². The third-order valence-electron chi connectivity index (χ3n) is 3.42. The highest BCUT2D eigenvalue weighted by molar-refractivity contribution is 7.99. The van der Waals surface area contributed by atoms with Crippen molar-refractivity contribution in [3.63, 3.8) is 0 Å². The number of hydrogen-bond donors (Lipinski definition) is 1. The van der Waals surface area contributed by atoms with E-state index in [0.29, 0.717) is 0 Å². The molecule has 1 unspecified atom stereocenters. The largest absolute Gasteiger partial charge is 0.313 e. The van der Waals surface area contributed by atoms with Crippen LogP contribution in [0.2, 0.25) is 0 Å². The van der Waals surface area contributed by atoms with Gasteiger partial charge in [-0.05, 0) is 32.2 Å². The van der Waals surface area contributed by atoms with Gasteiger partial charge >= 0.3 is 0 Å². The lowest BCUT2D eigenvalue weighted by Crippen LogP contribution is -2.32. The van der Waals surface area contributed by atoms with Crippen LogP contribution in [-0.4, -0.2) is 23.6 Å². The SMILES string of the molecule is CCCCC(CSC1CCCC1)NCCC. The summed E-state index contributed by atoms with van der Waals surface area (Å²) in [6.45, 7) is 5.74. The Balaban J connectivity index is 2.13. The summed E-state index contributed by atoms with van der Waals surface area (Å²) in [4.78, 5) is 0. The molecule has 0 aromatic heterocycles. The maximum atomic E-state index is 3.71. The Kier molecular flexibility index (Phi) is 8.40. The molecule has 1 rings (SSSR count). The normalized spacial score (nSPS) is 19.1. The van der Waals surface area contributed by atoms with Crippen molar-refractivity contribution in [2.45, 2.75) is 76.5 Å². The van der Waals surface area contributed by atoms with Crippen molar-refractivity contribution in [2.24, 2.45) is 0 Å². The molecule has 0 aliphatic heterocycles. The highest BCUT2D eigenvalue weighted by Gasteiger charge is 2.17. The lowest BCUT2D eigenvalue weighted by molar-refractivity contribution is 0.500. The van der Waals surface area contributed by atoms with Crippen LogP contribution in [0.1, 0.15) is 65.2 Å². The third-order valence-corrected chi connectivity index (χ3v) is 4.96. The van der Waals surface area contributed by atoms with Gasteiger partial charge < -0.3 is 5.32 Å². The van der Waals surface area contributed by atoms with Gasteiger partial charge in [-0.15, -0.1) is 0 Å². The summed E-state index contributed by atoms with van der Waals surface area (Å²) >= 11 is 2.23. The Bertz CT molecular complexity index is 147. The van der Waals surface area contributed by atoms with Crippen LogP contribution in [0.25, 0.3) is 0 Å². The van der Waals surface area contributed by atoms with Gasteiger partial charge in [0.2, 0.25) is 0 Å². The second-order valence-corrected chi connectivity index (χ2v) is 6.37. The summed E-state index contributed by atoms with van der Waals surface area (Å²) in [5.74, 6) is 1.34. The molecular weight excluding hydrogens is 214 g/mol. The van der Waals surface area contributed by atoms with Crippen LogP contribution in [0.3, 0.4) is 0 Å². The van der Waals surface area contributed by atoms with Crippen LogP contribution in [0.15, 0.2) is 0 Å². The van der Waals surface area contributed by atoms with Gasteiger partial charge in [0.15, 0.2) is 0 Å². The van der Waals surface area contributed by atoms with Crippen molar-refractivity contribution < 1.29 is 0 Å². The molecule has 1 aliphatic carbocycles. The maximum absolute atomic E-state index is 3.71. The van der Waals surface area contributed by atoms with Crippen LogP contribution >= 0.6 is 11.8 Å². The number of unbranched alkanes of at least 4 members (excludes halogenated alkanes) is 1. The van der Waals surface area contributed by atoms with E-state index >= 15 is 0 Å². The predicted octanol–water partition coefficient (Wildman–Crippen LogP) is 4.22. The highest BCUT2D eigenvalue weighted by Crippen LogP contribution is 2.30. The molecule has 1 N–H and O–H groups in total. The van der Waals surface area contributed by atoms with Crippen molar-refractivity contribution in [1.82, 2.24) is 5.32 Å². The van der Waals surface area contributed by atoms with E-state index in [9.17, 15) is 0 Å². The summed E-state index contributed by atoms with van der Waals surface area (Å²) in [6, 6.07) is 0.769. The van der Waals surface area contributed by atoms with Crippen LogP contribution in [0.4, 0.5) is 0 Å². The van der Waals surface area contributed by atoms with E-state index in [1.54, 1.807) is 0 Å². The first kappa shape index (κ1) is 14.4. The summed E-state index contributed by atoms with van der Waals surface area (Å²) < 4.78 is 0. The zero-order valence-corrected chi connectivity index (χ0v) is 12.0. The van der Waals surface area contributed by atoms with E-state index in [1.165, 1.54) is 63.7 Å². The Morgan fingerprint density at radius 1 is 1.19 bits per heavy atom. The molecule has 0 heterocycles. The topological polar surface area (TPSA) is 12.0 Å². The molecular formula is C14H29NS. The lowest BCUT2D eigenvalue weighted by atomic mass is 10.1. The number of hydrogen-bond acceptors (Lipinski definition) is 2. The summed E-state index contributed by atoms with van der Waals surface area (Å²) in [6.07, 6.45) is 11.2. The van der Waals surface area contributed by atoms with Gasteiger partial charge in [-0.25, -0.2) is 0 Å². The Morgan fingerprint density at radius 2 is 1.94 bits per heavy atom. The fraction of sp³-hybridized carbons (Fsp3) is 1.00. The van der Waals surface area contributed by atoms with Crippen LogP contribution < -0.4 is 5.32 Å². The van der Waals surface area contributed by atoms with E-state index in [4.69, 9.17) is 0 Å². The first-order chi connectivity index (χ1) is 7.86. The molecule has 0 aromatic carbocycles. The summed E-state index contributed by atoms with van der Waals surface area (Å²) in [5.41, 5.74) is 0. The number of thioether (sulfide) groups is 1. The molecule has 0 saturated heterocycles. The molecule has 0 spiro atoms. The van der Waals surface area contributed by atoms with Gasteiger partial charge in [-0.3, -0.25) is 0 Å². The van der Waals surface area contributed by atoms with Gasteiger partial charge in [-0.1, -0.05) is 39.5 Å². The minimum Gasteiger partial charge on any atom is -0.313 e. The Hall–Kier alpha value is 0.310. The first-order valence-corrected chi connectivity index (χ1v) is 8.26. The molecule has 0 bridgehead atoms. The van der Waals surface area contributed by atoms with Gasteiger partial charge in [-0.2, -0.15) is 11.8 Å².